The molecule has 0 amide bonds. The summed E-state index contributed by atoms with van der Waals surface area (Å²) in [5, 5.41) is 9.18. The highest BCUT2D eigenvalue weighted by atomic mass is 16.5. The summed E-state index contributed by atoms with van der Waals surface area (Å²) in [6.45, 7) is 5.86. The molecule has 0 radical (unpaired) electrons. The Hall–Kier alpha value is -2.32. The zero-order valence-corrected chi connectivity index (χ0v) is 13.1. The maximum atomic E-state index is 11.8. The van der Waals surface area contributed by atoms with E-state index in [0.717, 1.165) is 37.4 Å². The van der Waals surface area contributed by atoms with Crippen LogP contribution in [0.2, 0.25) is 0 Å². The van der Waals surface area contributed by atoms with Crippen molar-refractivity contribution in [2.75, 3.05) is 44.7 Å². The highest BCUT2D eigenvalue weighted by Gasteiger charge is 2.17. The SMILES string of the molecule is CCOC(=O)/C(C#N)=C\c1ccccc1N1CCN(C)CC1. The molecular formula is C17H21N3O2. The normalized spacial score (nSPS) is 16.2. The van der Waals surface area contributed by atoms with Gasteiger partial charge in [0.25, 0.3) is 0 Å². The molecule has 1 aromatic carbocycles. The maximum Gasteiger partial charge on any atom is 0.348 e. The zero-order valence-electron chi connectivity index (χ0n) is 13.1. The molecule has 22 heavy (non-hydrogen) atoms. The van der Waals surface area contributed by atoms with Crippen LogP contribution in [0.1, 0.15) is 12.5 Å². The largest absolute Gasteiger partial charge is 0.462 e. The Balaban J connectivity index is 2.28. The maximum absolute atomic E-state index is 11.8. The topological polar surface area (TPSA) is 56.6 Å². The molecule has 0 atom stereocenters. The van der Waals surface area contributed by atoms with Crippen molar-refractivity contribution in [3.05, 3.63) is 35.4 Å². The van der Waals surface area contributed by atoms with E-state index in [1.165, 1.54) is 0 Å². The minimum absolute atomic E-state index is 0.0310. The zero-order chi connectivity index (χ0) is 15.9. The van der Waals surface area contributed by atoms with Crippen molar-refractivity contribution in [1.82, 2.24) is 4.90 Å². The number of hydrogen-bond donors (Lipinski definition) is 0. The molecule has 1 heterocycles. The van der Waals surface area contributed by atoms with Crippen molar-refractivity contribution in [2.45, 2.75) is 6.92 Å². The molecule has 1 saturated heterocycles. The van der Waals surface area contributed by atoms with Crippen molar-refractivity contribution in [3.8, 4) is 6.07 Å². The van der Waals surface area contributed by atoms with Crippen LogP contribution in [-0.2, 0) is 9.53 Å². The molecule has 0 unspecified atom stereocenters. The van der Waals surface area contributed by atoms with Crippen molar-refractivity contribution < 1.29 is 9.53 Å². The first kappa shape index (κ1) is 16.1. The third kappa shape index (κ3) is 3.86. The number of carbonyl (C=O) groups is 1. The lowest BCUT2D eigenvalue weighted by Crippen LogP contribution is -2.44. The Kier molecular flexibility index (Phi) is 5.56. The Bertz CT molecular complexity index is 596. The highest BCUT2D eigenvalue weighted by molar-refractivity contribution is 5.98. The molecule has 5 nitrogen and oxygen atoms in total. The van der Waals surface area contributed by atoms with Gasteiger partial charge in [-0.15, -0.1) is 0 Å². The van der Waals surface area contributed by atoms with E-state index in [9.17, 15) is 10.1 Å². The molecule has 1 aliphatic heterocycles. The molecule has 0 aromatic heterocycles. The number of hydrogen-bond acceptors (Lipinski definition) is 5. The lowest BCUT2D eigenvalue weighted by molar-refractivity contribution is -0.137. The van der Waals surface area contributed by atoms with Gasteiger partial charge >= 0.3 is 5.97 Å². The minimum Gasteiger partial charge on any atom is -0.462 e. The van der Waals surface area contributed by atoms with Crippen LogP contribution in [-0.4, -0.2) is 50.7 Å². The molecule has 1 aromatic rings. The molecule has 116 valence electrons. The smallest absolute Gasteiger partial charge is 0.348 e. The molecule has 2 rings (SSSR count). The number of para-hydroxylation sites is 1. The van der Waals surface area contributed by atoms with Gasteiger partial charge in [-0.3, -0.25) is 0 Å². The van der Waals surface area contributed by atoms with Gasteiger partial charge in [-0.1, -0.05) is 18.2 Å². The summed E-state index contributed by atoms with van der Waals surface area (Å²) in [5.74, 6) is -0.571. The number of nitrogens with zero attached hydrogens (tertiary/aromatic N) is 3. The number of carbonyl (C=O) groups excluding carboxylic acids is 1. The predicted molar refractivity (Wildman–Crippen MR) is 86.4 cm³/mol. The molecular weight excluding hydrogens is 278 g/mol. The Morgan fingerprint density at radius 2 is 2.00 bits per heavy atom. The molecule has 1 aliphatic rings. The Morgan fingerprint density at radius 1 is 1.32 bits per heavy atom. The first-order chi connectivity index (χ1) is 10.7. The molecule has 0 spiro atoms. The summed E-state index contributed by atoms with van der Waals surface area (Å²) in [6, 6.07) is 9.76. The lowest BCUT2D eigenvalue weighted by atomic mass is 10.1. The van der Waals surface area contributed by atoms with E-state index in [2.05, 4.69) is 16.8 Å². The molecule has 0 aliphatic carbocycles. The van der Waals surface area contributed by atoms with E-state index in [0.29, 0.717) is 0 Å². The van der Waals surface area contributed by atoms with Crippen LogP contribution in [0.3, 0.4) is 0 Å². The number of ether oxygens (including phenoxy) is 1. The second kappa shape index (κ2) is 7.62. The Morgan fingerprint density at radius 3 is 2.64 bits per heavy atom. The number of nitriles is 1. The predicted octanol–water partition coefficient (Wildman–Crippen LogP) is 1.91. The van der Waals surface area contributed by atoms with Crippen molar-refractivity contribution in [2.24, 2.45) is 0 Å². The van der Waals surface area contributed by atoms with E-state index in [1.807, 2.05) is 30.3 Å². The molecule has 0 bridgehead atoms. The van der Waals surface area contributed by atoms with Crippen LogP contribution in [0, 0.1) is 11.3 Å². The van der Waals surface area contributed by atoms with Crippen molar-refractivity contribution in [3.63, 3.8) is 0 Å². The molecule has 5 heteroatoms. The Labute approximate surface area is 131 Å². The van der Waals surface area contributed by atoms with Crippen LogP contribution >= 0.6 is 0 Å². The first-order valence-electron chi connectivity index (χ1n) is 7.47. The summed E-state index contributed by atoms with van der Waals surface area (Å²) in [7, 11) is 2.11. The van der Waals surface area contributed by atoms with Crippen LogP contribution in [0.15, 0.2) is 29.8 Å². The van der Waals surface area contributed by atoms with Gasteiger partial charge in [-0.2, -0.15) is 5.26 Å². The van der Waals surface area contributed by atoms with Gasteiger partial charge in [-0.05, 0) is 31.7 Å². The van der Waals surface area contributed by atoms with Crippen molar-refractivity contribution in [1.29, 1.82) is 5.26 Å². The van der Waals surface area contributed by atoms with Crippen LogP contribution in [0.4, 0.5) is 5.69 Å². The molecule has 0 N–H and O–H groups in total. The van der Waals surface area contributed by atoms with E-state index in [1.54, 1.807) is 13.0 Å². The summed E-state index contributed by atoms with van der Waals surface area (Å²) < 4.78 is 4.92. The summed E-state index contributed by atoms with van der Waals surface area (Å²) in [5.41, 5.74) is 1.95. The second-order valence-corrected chi connectivity index (χ2v) is 5.24. The average Bonchev–Trinajstić information content (AvgIpc) is 2.54. The standard InChI is InChI=1S/C17H21N3O2/c1-3-22-17(21)15(13-18)12-14-6-4-5-7-16(14)20-10-8-19(2)9-11-20/h4-7,12H,3,8-11H2,1-2H3/b15-12-. The van der Waals surface area contributed by atoms with Gasteiger partial charge < -0.3 is 14.5 Å². The molecule has 1 fully saturated rings. The second-order valence-electron chi connectivity index (χ2n) is 5.24. The quantitative estimate of drug-likeness (QED) is 0.483. The van der Waals surface area contributed by atoms with Crippen molar-refractivity contribution >= 4 is 17.7 Å². The number of anilines is 1. The van der Waals surface area contributed by atoms with Gasteiger partial charge in [0.2, 0.25) is 0 Å². The fourth-order valence-electron chi connectivity index (χ4n) is 2.45. The number of rotatable bonds is 4. The van der Waals surface area contributed by atoms with Gasteiger partial charge in [0.15, 0.2) is 0 Å². The van der Waals surface area contributed by atoms with Gasteiger partial charge in [0, 0.05) is 31.9 Å². The van der Waals surface area contributed by atoms with E-state index >= 15 is 0 Å². The van der Waals surface area contributed by atoms with Crippen LogP contribution in [0.25, 0.3) is 6.08 Å². The van der Waals surface area contributed by atoms with E-state index < -0.39 is 5.97 Å². The summed E-state index contributed by atoms with van der Waals surface area (Å²) >= 11 is 0. The number of benzene rings is 1. The monoisotopic (exact) mass is 299 g/mol. The summed E-state index contributed by atoms with van der Waals surface area (Å²) in [6.07, 6.45) is 1.62. The van der Waals surface area contributed by atoms with E-state index in [-0.39, 0.29) is 12.2 Å². The number of likely N-dealkylation sites (N-methyl/N-ethyl adjacent to an activating group) is 1. The third-order valence-electron chi connectivity index (χ3n) is 3.70. The first-order valence-corrected chi connectivity index (χ1v) is 7.47. The number of piperazine rings is 1. The molecule has 0 saturated carbocycles. The average molecular weight is 299 g/mol. The summed E-state index contributed by atoms with van der Waals surface area (Å²) in [4.78, 5) is 16.3. The lowest BCUT2D eigenvalue weighted by Gasteiger charge is -2.34. The van der Waals surface area contributed by atoms with Gasteiger partial charge in [-0.25, -0.2) is 4.79 Å². The fraction of sp³-hybridized carbons (Fsp3) is 0.412. The number of esters is 1. The van der Waals surface area contributed by atoms with Crippen LogP contribution in [0.5, 0.6) is 0 Å². The minimum atomic E-state index is -0.571. The van der Waals surface area contributed by atoms with Gasteiger partial charge in [0.05, 0.1) is 6.61 Å². The van der Waals surface area contributed by atoms with Crippen LogP contribution < -0.4 is 4.90 Å². The van der Waals surface area contributed by atoms with E-state index in [4.69, 9.17) is 4.74 Å². The highest BCUT2D eigenvalue weighted by Crippen LogP contribution is 2.24. The fourth-order valence-corrected chi connectivity index (χ4v) is 2.45. The third-order valence-corrected chi connectivity index (χ3v) is 3.70. The van der Waals surface area contributed by atoms with Gasteiger partial charge in [0.1, 0.15) is 11.6 Å².